The number of allylic oxidation sites excluding steroid dienone is 3. The van der Waals surface area contributed by atoms with E-state index in [-0.39, 0.29) is 39.3 Å². The molecular formula is C19H30NO9P. The zero-order valence-electron chi connectivity index (χ0n) is 17.9. The molecule has 0 saturated carbocycles. The monoisotopic (exact) mass is 449 g/mol. The van der Waals surface area contributed by atoms with Crippen LogP contribution in [-0.4, -0.2) is 80.4 Å². The first-order chi connectivity index (χ1) is 14.9. The Hall–Kier alpha value is -1.12. The third-order valence-corrected chi connectivity index (χ3v) is 5.85. The zero-order valence-corrected chi connectivity index (χ0v) is 17.8. The van der Waals surface area contributed by atoms with Gasteiger partial charge in [0.1, 0.15) is 24.4 Å². The molecule has 2 saturated heterocycles. The van der Waals surface area contributed by atoms with E-state index in [0.29, 0.717) is 0 Å². The second-order valence-electron chi connectivity index (χ2n) is 6.58. The first kappa shape index (κ1) is 23.5. The van der Waals surface area contributed by atoms with Crippen LogP contribution in [0.15, 0.2) is 24.3 Å². The van der Waals surface area contributed by atoms with Crippen molar-refractivity contribution < 1.29 is 43.9 Å². The van der Waals surface area contributed by atoms with Gasteiger partial charge in [0.2, 0.25) is 0 Å². The Morgan fingerprint density at radius 3 is 2.83 bits per heavy atom. The van der Waals surface area contributed by atoms with Gasteiger partial charge >= 0.3 is 7.82 Å². The van der Waals surface area contributed by atoms with Crippen LogP contribution in [0.25, 0.3) is 0 Å². The summed E-state index contributed by atoms with van der Waals surface area (Å²) in [5.74, 6) is 0. The number of aliphatic hydroxyl groups excluding tert-OH is 2. The molecule has 7 atom stereocenters. The number of ether oxygens (including phenoxy) is 3. The molecule has 30 heavy (non-hydrogen) atoms. The van der Waals surface area contributed by atoms with Crippen molar-refractivity contribution in [3.63, 3.8) is 0 Å². The molecule has 2 aliphatic rings. The number of nitriles is 1. The molecule has 170 valence electrons. The van der Waals surface area contributed by atoms with Crippen LogP contribution in [0.1, 0.15) is 21.1 Å². The Kier molecular flexibility index (Phi) is 10.5. The molecule has 2 rings (SSSR count). The highest BCUT2D eigenvalue weighted by Crippen LogP contribution is 2.52. The van der Waals surface area contributed by atoms with Gasteiger partial charge in [-0.3, -0.25) is 13.6 Å². The molecule has 0 radical (unpaired) electrons. The van der Waals surface area contributed by atoms with Crippen LogP contribution >= 0.6 is 7.82 Å². The summed E-state index contributed by atoms with van der Waals surface area (Å²) < 4.78 is 53.4. The highest BCUT2D eigenvalue weighted by atomic mass is 31.2. The van der Waals surface area contributed by atoms with Crippen LogP contribution in [0.3, 0.4) is 0 Å². The van der Waals surface area contributed by atoms with Gasteiger partial charge in [-0.1, -0.05) is 24.3 Å². The third kappa shape index (κ3) is 7.85. The molecule has 0 bridgehead atoms. The predicted octanol–water partition coefficient (Wildman–Crippen LogP) is 1.48. The highest BCUT2D eigenvalue weighted by molar-refractivity contribution is 7.48. The first-order valence-corrected chi connectivity index (χ1v) is 11.2. The number of rotatable bonds is 13. The fourth-order valence-corrected chi connectivity index (χ4v) is 4.20. The van der Waals surface area contributed by atoms with Crippen molar-refractivity contribution in [1.29, 1.82) is 5.26 Å². The standard InChI is InChI=1S/C19H30NO9P/c1-2-3-4-5-9-24-18-13-26-16(12-21)19(18)29-30(23,27-10-6-8-20)28-14-17-15(22)7-11-25-17/h2-5,15-19,21-22H,6-7,9-14H2,1H3/b3-2+,5-4+/t15-,16-,17-,18?,19+,30?/m1/s1/i11T/t11?,15-,16-,17-,18?,19+,30?. The van der Waals surface area contributed by atoms with Gasteiger partial charge in [-0.15, -0.1) is 0 Å². The van der Waals surface area contributed by atoms with E-state index in [4.69, 9.17) is 34.4 Å². The summed E-state index contributed by atoms with van der Waals surface area (Å²) in [4.78, 5) is 0. The maximum absolute atomic E-state index is 13.2. The highest BCUT2D eigenvalue weighted by Gasteiger charge is 2.45. The summed E-state index contributed by atoms with van der Waals surface area (Å²) >= 11 is 0. The summed E-state index contributed by atoms with van der Waals surface area (Å²) in [6.45, 7) is 0.379. The molecule has 0 aromatic carbocycles. The Balaban J connectivity index is 2.04. The summed E-state index contributed by atoms with van der Waals surface area (Å²) in [5, 5.41) is 28.2. The number of nitrogens with zero attached hydrogens (tertiary/aromatic N) is 1. The molecule has 11 heteroatoms. The molecular weight excluding hydrogens is 417 g/mol. The lowest BCUT2D eigenvalue weighted by Crippen LogP contribution is -2.37. The van der Waals surface area contributed by atoms with E-state index in [1.54, 1.807) is 12.2 Å². The third-order valence-electron chi connectivity index (χ3n) is 4.38. The van der Waals surface area contributed by atoms with E-state index >= 15 is 0 Å². The Morgan fingerprint density at radius 2 is 2.17 bits per heavy atom. The van der Waals surface area contributed by atoms with Crippen molar-refractivity contribution >= 4 is 7.82 Å². The van der Waals surface area contributed by atoms with Gasteiger partial charge in [-0.25, -0.2) is 4.57 Å². The van der Waals surface area contributed by atoms with E-state index in [2.05, 4.69) is 0 Å². The van der Waals surface area contributed by atoms with Crippen LogP contribution in [0, 0.1) is 11.3 Å². The Labute approximate surface area is 178 Å². The minimum absolute atomic E-state index is 0.0473. The topological polar surface area (TPSA) is 137 Å². The number of phosphoric ester groups is 1. The van der Waals surface area contributed by atoms with Gasteiger partial charge in [-0.2, -0.15) is 5.26 Å². The second kappa shape index (κ2) is 13.3. The molecule has 2 fully saturated rings. The number of phosphoric acid groups is 1. The van der Waals surface area contributed by atoms with Crippen LogP contribution in [0.2, 0.25) is 0 Å². The number of hydrogen-bond acceptors (Lipinski definition) is 10. The van der Waals surface area contributed by atoms with Gasteiger partial charge in [0.05, 0.1) is 53.0 Å². The Morgan fingerprint density at radius 1 is 1.33 bits per heavy atom. The Bertz CT molecular complexity index is 686. The number of aliphatic hydroxyl groups is 2. The van der Waals surface area contributed by atoms with Crippen molar-refractivity contribution in [1.82, 2.24) is 0 Å². The molecule has 2 N–H and O–H groups in total. The molecule has 2 aliphatic heterocycles. The quantitative estimate of drug-likeness (QED) is 0.242. The van der Waals surface area contributed by atoms with Crippen molar-refractivity contribution in [2.45, 2.75) is 50.3 Å². The maximum Gasteiger partial charge on any atom is 0.475 e. The van der Waals surface area contributed by atoms with Crippen LogP contribution < -0.4 is 0 Å². The van der Waals surface area contributed by atoms with Crippen molar-refractivity contribution in [2.24, 2.45) is 0 Å². The minimum Gasteiger partial charge on any atom is -0.394 e. The van der Waals surface area contributed by atoms with Gasteiger partial charge < -0.3 is 24.4 Å². The lowest BCUT2D eigenvalue weighted by molar-refractivity contribution is -0.0422. The fourth-order valence-electron chi connectivity index (χ4n) is 2.79. The van der Waals surface area contributed by atoms with Crippen LogP contribution in [-0.2, 0) is 32.3 Å². The molecule has 2 heterocycles. The minimum atomic E-state index is -4.24. The molecule has 0 aromatic heterocycles. The molecule has 3 unspecified atom stereocenters. The SMILES string of the molecule is [3H]C1C[C@@H](O)[C@@H](COP(=O)(OCCC#N)O[C@@H]2C(OC/C=C/C=C/C)CO[C@@H]2CO)O1. The molecule has 0 amide bonds. The van der Waals surface area contributed by atoms with Gasteiger partial charge in [0.15, 0.2) is 0 Å². The van der Waals surface area contributed by atoms with E-state index < -0.39 is 51.5 Å². The van der Waals surface area contributed by atoms with Gasteiger partial charge in [0.25, 0.3) is 0 Å². The summed E-state index contributed by atoms with van der Waals surface area (Å²) in [5.41, 5.74) is 0. The molecule has 0 spiro atoms. The molecule has 0 aromatic rings. The predicted molar refractivity (Wildman–Crippen MR) is 105 cm³/mol. The van der Waals surface area contributed by atoms with Crippen molar-refractivity contribution in [2.75, 3.05) is 39.6 Å². The van der Waals surface area contributed by atoms with Crippen LogP contribution in [0.4, 0.5) is 0 Å². The smallest absolute Gasteiger partial charge is 0.394 e. The molecule has 10 nitrogen and oxygen atoms in total. The second-order valence-corrected chi connectivity index (χ2v) is 8.20. The average molecular weight is 449 g/mol. The van der Waals surface area contributed by atoms with Crippen molar-refractivity contribution in [3.05, 3.63) is 24.3 Å². The first-order valence-electron chi connectivity index (χ1n) is 10.3. The summed E-state index contributed by atoms with van der Waals surface area (Å²) in [6, 6.07) is 1.87. The summed E-state index contributed by atoms with van der Waals surface area (Å²) in [6.07, 6.45) is 3.12. The van der Waals surface area contributed by atoms with Gasteiger partial charge in [0, 0.05) is 6.58 Å². The van der Waals surface area contributed by atoms with E-state index in [1.807, 2.05) is 25.1 Å². The maximum atomic E-state index is 13.2. The fraction of sp³-hybridized carbons (Fsp3) is 0.737. The summed E-state index contributed by atoms with van der Waals surface area (Å²) in [7, 11) is -4.24. The van der Waals surface area contributed by atoms with Crippen LogP contribution in [0.5, 0.6) is 0 Å². The van der Waals surface area contributed by atoms with Crippen molar-refractivity contribution in [3.8, 4) is 6.07 Å². The van der Waals surface area contributed by atoms with E-state index in [9.17, 15) is 14.8 Å². The lowest BCUT2D eigenvalue weighted by atomic mass is 10.1. The van der Waals surface area contributed by atoms with E-state index in [0.717, 1.165) is 0 Å². The van der Waals surface area contributed by atoms with Gasteiger partial charge in [-0.05, 0) is 13.3 Å². The lowest BCUT2D eigenvalue weighted by Gasteiger charge is -2.27. The number of hydrogen-bond donors (Lipinski definition) is 2. The normalized spacial score (nSPS) is 34.4. The van der Waals surface area contributed by atoms with E-state index in [1.165, 1.54) is 0 Å². The average Bonchev–Trinajstić information content (AvgIpc) is 3.27. The largest absolute Gasteiger partial charge is 0.475 e. The zero-order chi connectivity index (χ0) is 22.7. The molecule has 0 aliphatic carbocycles.